The Bertz CT molecular complexity index is 586. The van der Waals surface area contributed by atoms with E-state index >= 15 is 0 Å². The number of hydrogen-bond donors (Lipinski definition) is 1. The van der Waals surface area contributed by atoms with E-state index in [0.717, 1.165) is 5.56 Å². The Balaban J connectivity index is 2.27. The predicted octanol–water partition coefficient (Wildman–Crippen LogP) is 3.35. The van der Waals surface area contributed by atoms with Gasteiger partial charge in [-0.2, -0.15) is 0 Å². The minimum Gasteiger partial charge on any atom is -0.481 e. The normalized spacial score (nSPS) is 26.0. The van der Waals surface area contributed by atoms with Crippen molar-refractivity contribution in [3.63, 3.8) is 0 Å². The van der Waals surface area contributed by atoms with E-state index in [1.165, 1.54) is 4.99 Å². The first-order chi connectivity index (χ1) is 10.2. The SMILES string of the molecule is [N-]=[N+]=N/C(=C/Br)[C@@H]1O[C@H](c2ccccc2)OC[C@H]1C(=O)O. The molecular formula is C13H12BrN3O4. The number of halogens is 1. The van der Waals surface area contributed by atoms with Gasteiger partial charge in [-0.1, -0.05) is 51.4 Å². The van der Waals surface area contributed by atoms with Crippen LogP contribution in [0.25, 0.3) is 10.4 Å². The average molecular weight is 354 g/mol. The van der Waals surface area contributed by atoms with Crippen LogP contribution in [0, 0.1) is 5.92 Å². The largest absolute Gasteiger partial charge is 0.481 e. The van der Waals surface area contributed by atoms with Crippen LogP contribution in [0.4, 0.5) is 0 Å². The van der Waals surface area contributed by atoms with Crippen molar-refractivity contribution in [3.8, 4) is 0 Å². The van der Waals surface area contributed by atoms with E-state index in [2.05, 4.69) is 26.0 Å². The molecule has 1 aromatic carbocycles. The summed E-state index contributed by atoms with van der Waals surface area (Å²) in [6, 6.07) is 9.14. The molecule has 110 valence electrons. The molecule has 8 heteroatoms. The van der Waals surface area contributed by atoms with E-state index < -0.39 is 24.3 Å². The summed E-state index contributed by atoms with van der Waals surface area (Å²) in [5.41, 5.74) is 9.49. The molecule has 1 aliphatic rings. The second-order valence-electron chi connectivity index (χ2n) is 4.30. The second-order valence-corrected chi connectivity index (χ2v) is 4.76. The van der Waals surface area contributed by atoms with E-state index in [0.29, 0.717) is 0 Å². The number of nitrogens with zero attached hydrogens (tertiary/aromatic N) is 3. The zero-order valence-electron chi connectivity index (χ0n) is 10.8. The summed E-state index contributed by atoms with van der Waals surface area (Å²) in [5, 5.41) is 12.7. The maximum atomic E-state index is 11.3. The van der Waals surface area contributed by atoms with Gasteiger partial charge in [0, 0.05) is 10.5 Å². The summed E-state index contributed by atoms with van der Waals surface area (Å²) >= 11 is 3.06. The molecule has 0 saturated carbocycles. The van der Waals surface area contributed by atoms with Gasteiger partial charge in [0.1, 0.15) is 12.0 Å². The summed E-state index contributed by atoms with van der Waals surface area (Å²) in [7, 11) is 0. The zero-order valence-corrected chi connectivity index (χ0v) is 12.4. The van der Waals surface area contributed by atoms with Crippen LogP contribution < -0.4 is 0 Å². The van der Waals surface area contributed by atoms with Gasteiger partial charge in [-0.15, -0.1) is 0 Å². The standard InChI is InChI=1S/C13H12BrN3O4/c14-6-10(16-17-15)11-9(12(18)19)7-20-13(21-11)8-4-2-1-3-5-8/h1-6,9,11,13H,7H2,(H,18,19)/b10-6+/t9-,11-,13-/m1/s1. The quantitative estimate of drug-likeness (QED) is 0.508. The van der Waals surface area contributed by atoms with E-state index in [4.69, 9.17) is 15.0 Å². The van der Waals surface area contributed by atoms with Gasteiger partial charge in [0.15, 0.2) is 6.29 Å². The molecule has 0 aliphatic carbocycles. The van der Waals surface area contributed by atoms with Crippen molar-refractivity contribution in [2.24, 2.45) is 11.0 Å². The first-order valence-corrected chi connectivity index (χ1v) is 6.99. The molecule has 1 heterocycles. The van der Waals surface area contributed by atoms with Crippen molar-refractivity contribution in [2.45, 2.75) is 12.4 Å². The number of rotatable bonds is 4. The highest BCUT2D eigenvalue weighted by Crippen LogP contribution is 2.33. The van der Waals surface area contributed by atoms with Gasteiger partial charge in [0.2, 0.25) is 0 Å². The molecule has 1 aliphatic heterocycles. The first kappa shape index (κ1) is 15.5. The maximum Gasteiger partial charge on any atom is 0.311 e. The van der Waals surface area contributed by atoms with Gasteiger partial charge in [-0.3, -0.25) is 4.79 Å². The predicted molar refractivity (Wildman–Crippen MR) is 77.3 cm³/mol. The Kier molecular flexibility index (Phi) is 5.35. The fourth-order valence-electron chi connectivity index (χ4n) is 2.00. The van der Waals surface area contributed by atoms with Crippen molar-refractivity contribution < 1.29 is 19.4 Å². The summed E-state index contributed by atoms with van der Waals surface area (Å²) in [6.45, 7) is -0.0369. The molecule has 2 rings (SSSR count). The second kappa shape index (κ2) is 7.24. The Morgan fingerprint density at radius 3 is 2.76 bits per heavy atom. The maximum absolute atomic E-state index is 11.3. The number of hydrogen-bond acceptors (Lipinski definition) is 4. The molecule has 0 aromatic heterocycles. The Morgan fingerprint density at radius 2 is 2.19 bits per heavy atom. The topological polar surface area (TPSA) is 105 Å². The van der Waals surface area contributed by atoms with Crippen LogP contribution in [0.3, 0.4) is 0 Å². The van der Waals surface area contributed by atoms with Gasteiger partial charge in [0.25, 0.3) is 0 Å². The third-order valence-electron chi connectivity index (χ3n) is 3.02. The minimum atomic E-state index is -1.08. The van der Waals surface area contributed by atoms with Crippen LogP contribution in [0.2, 0.25) is 0 Å². The Labute approximate surface area is 128 Å². The zero-order chi connectivity index (χ0) is 15.2. The van der Waals surface area contributed by atoms with Crippen molar-refractivity contribution in [3.05, 3.63) is 57.0 Å². The minimum absolute atomic E-state index is 0.0369. The molecule has 0 bridgehead atoms. The number of benzene rings is 1. The first-order valence-electron chi connectivity index (χ1n) is 6.07. The highest BCUT2D eigenvalue weighted by molar-refractivity contribution is 9.11. The van der Waals surface area contributed by atoms with Gasteiger partial charge in [-0.25, -0.2) is 0 Å². The van der Waals surface area contributed by atoms with E-state index in [-0.39, 0.29) is 12.3 Å². The fourth-order valence-corrected chi connectivity index (χ4v) is 2.35. The summed E-state index contributed by atoms with van der Waals surface area (Å²) in [6.07, 6.45) is -1.60. The molecule has 1 aromatic rings. The van der Waals surface area contributed by atoms with Crippen LogP contribution in [-0.4, -0.2) is 23.8 Å². The number of carboxylic acids is 1. The molecule has 1 saturated heterocycles. The average Bonchev–Trinajstić information content (AvgIpc) is 2.52. The van der Waals surface area contributed by atoms with Crippen molar-refractivity contribution in [1.29, 1.82) is 0 Å². The monoisotopic (exact) mass is 353 g/mol. The van der Waals surface area contributed by atoms with Gasteiger partial charge in [-0.05, 0) is 10.5 Å². The van der Waals surface area contributed by atoms with Gasteiger partial charge < -0.3 is 14.6 Å². The molecular weight excluding hydrogens is 342 g/mol. The van der Waals surface area contributed by atoms with Crippen LogP contribution in [0.1, 0.15) is 11.9 Å². The summed E-state index contributed by atoms with van der Waals surface area (Å²) < 4.78 is 11.1. The van der Waals surface area contributed by atoms with Crippen LogP contribution >= 0.6 is 15.9 Å². The molecule has 0 amide bonds. The lowest BCUT2D eigenvalue weighted by Gasteiger charge is -2.34. The lowest BCUT2D eigenvalue weighted by atomic mass is 10.00. The van der Waals surface area contributed by atoms with Crippen molar-refractivity contribution >= 4 is 21.9 Å². The van der Waals surface area contributed by atoms with Crippen LogP contribution in [0.15, 0.2) is 46.1 Å². The number of azide groups is 1. The van der Waals surface area contributed by atoms with E-state index in [9.17, 15) is 9.90 Å². The molecule has 0 radical (unpaired) electrons. The Hall–Kier alpha value is -1.86. The number of ether oxygens (including phenoxy) is 2. The third kappa shape index (κ3) is 3.62. The lowest BCUT2D eigenvalue weighted by molar-refractivity contribution is -0.234. The summed E-state index contributed by atoms with van der Waals surface area (Å²) in [4.78, 5) is 15.3. The van der Waals surface area contributed by atoms with E-state index in [1.807, 2.05) is 30.3 Å². The molecule has 1 N–H and O–H groups in total. The van der Waals surface area contributed by atoms with Gasteiger partial charge >= 0.3 is 5.97 Å². The van der Waals surface area contributed by atoms with Crippen molar-refractivity contribution in [1.82, 2.24) is 0 Å². The highest BCUT2D eigenvalue weighted by Gasteiger charge is 2.39. The van der Waals surface area contributed by atoms with Crippen LogP contribution in [-0.2, 0) is 14.3 Å². The number of carbonyl (C=O) groups is 1. The third-order valence-corrected chi connectivity index (χ3v) is 3.48. The fraction of sp³-hybridized carbons (Fsp3) is 0.308. The highest BCUT2D eigenvalue weighted by atomic mass is 79.9. The van der Waals surface area contributed by atoms with Crippen LogP contribution in [0.5, 0.6) is 0 Å². The lowest BCUT2D eigenvalue weighted by Crippen LogP contribution is -2.41. The molecule has 1 fully saturated rings. The number of carboxylic acid groups (broad SMARTS) is 1. The number of aliphatic carboxylic acids is 1. The van der Waals surface area contributed by atoms with Gasteiger partial charge in [0.05, 0.1) is 12.3 Å². The summed E-state index contributed by atoms with van der Waals surface area (Å²) in [5.74, 6) is -2.02. The molecule has 3 atom stereocenters. The molecule has 0 unspecified atom stereocenters. The molecule has 21 heavy (non-hydrogen) atoms. The molecule has 7 nitrogen and oxygen atoms in total. The van der Waals surface area contributed by atoms with E-state index in [1.54, 1.807) is 0 Å². The Morgan fingerprint density at radius 1 is 1.48 bits per heavy atom. The smallest absolute Gasteiger partial charge is 0.311 e. The molecule has 0 spiro atoms. The van der Waals surface area contributed by atoms with Crippen molar-refractivity contribution in [2.75, 3.05) is 6.61 Å².